The number of carboxylic acids is 1. The quantitative estimate of drug-likeness (QED) is 0.619. The first-order valence-corrected chi connectivity index (χ1v) is 6.68. The predicted molar refractivity (Wildman–Crippen MR) is 75.4 cm³/mol. The van der Waals surface area contributed by atoms with Gasteiger partial charge in [0.25, 0.3) is 11.4 Å². The summed E-state index contributed by atoms with van der Waals surface area (Å²) in [5.41, 5.74) is 4.05. The Morgan fingerprint density at radius 3 is 2.18 bits per heavy atom. The van der Waals surface area contributed by atoms with Gasteiger partial charge in [0.05, 0.1) is 21.3 Å². The van der Waals surface area contributed by atoms with Crippen LogP contribution >= 0.6 is 0 Å². The number of carboxylic acid groups (broad SMARTS) is 1. The number of hydrogen-bond donors (Lipinski definition) is 2. The van der Waals surface area contributed by atoms with E-state index in [-0.39, 0.29) is 12.0 Å². The van der Waals surface area contributed by atoms with Crippen LogP contribution in [0.15, 0.2) is 18.2 Å². The zero-order valence-corrected chi connectivity index (χ0v) is 11.6. The number of hydrogen-bond acceptors (Lipinski definition) is 6. The van der Waals surface area contributed by atoms with E-state index in [4.69, 9.17) is 5.73 Å². The molecule has 9 nitrogen and oxygen atoms in total. The molecular formula is C13H15N3O6. The van der Waals surface area contributed by atoms with E-state index in [0.29, 0.717) is 19.3 Å². The van der Waals surface area contributed by atoms with Gasteiger partial charge in [0.1, 0.15) is 0 Å². The Bertz CT molecular complexity index is 614. The standard InChI is InChI=1S/C13H15N3O6/c14-11-2-1-3-13(11,12(17)18)7-8-4-9(15(19)20)6-10(5-8)16(21)22/h4-6,11H,1-3,7,14H2,(H,17,18). The summed E-state index contributed by atoms with van der Waals surface area (Å²) in [5.74, 6) is -1.08. The van der Waals surface area contributed by atoms with Gasteiger partial charge in [-0.25, -0.2) is 0 Å². The molecule has 0 amide bonds. The molecule has 3 N–H and O–H groups in total. The maximum atomic E-state index is 11.6. The fourth-order valence-corrected chi connectivity index (χ4v) is 2.99. The molecule has 0 aliphatic heterocycles. The third kappa shape index (κ3) is 2.75. The number of nitrogens with two attached hydrogens (primary N) is 1. The molecule has 1 aliphatic carbocycles. The molecule has 118 valence electrons. The highest BCUT2D eigenvalue weighted by atomic mass is 16.6. The number of non-ortho nitro benzene ring substituents is 2. The van der Waals surface area contributed by atoms with Gasteiger partial charge in [0.15, 0.2) is 0 Å². The minimum atomic E-state index is -1.23. The molecule has 1 fully saturated rings. The Balaban J connectivity index is 2.45. The van der Waals surface area contributed by atoms with Crippen LogP contribution in [-0.4, -0.2) is 27.0 Å². The van der Waals surface area contributed by atoms with Crippen LogP contribution < -0.4 is 5.73 Å². The monoisotopic (exact) mass is 309 g/mol. The Morgan fingerprint density at radius 1 is 1.27 bits per heavy atom. The van der Waals surface area contributed by atoms with E-state index in [1.807, 2.05) is 0 Å². The first-order chi connectivity index (χ1) is 10.3. The molecule has 1 saturated carbocycles. The van der Waals surface area contributed by atoms with Crippen LogP contribution in [0.5, 0.6) is 0 Å². The number of carbonyl (C=O) groups is 1. The van der Waals surface area contributed by atoms with Gasteiger partial charge < -0.3 is 10.8 Å². The lowest BCUT2D eigenvalue weighted by atomic mass is 9.77. The highest BCUT2D eigenvalue weighted by Crippen LogP contribution is 2.41. The van der Waals surface area contributed by atoms with Crippen molar-refractivity contribution in [2.24, 2.45) is 11.1 Å². The van der Waals surface area contributed by atoms with E-state index in [1.54, 1.807) is 0 Å². The molecule has 1 aromatic carbocycles. The molecule has 2 atom stereocenters. The molecule has 0 aromatic heterocycles. The fourth-order valence-electron chi connectivity index (χ4n) is 2.99. The summed E-state index contributed by atoms with van der Waals surface area (Å²) in [7, 11) is 0. The summed E-state index contributed by atoms with van der Waals surface area (Å²) >= 11 is 0. The first-order valence-electron chi connectivity index (χ1n) is 6.68. The van der Waals surface area contributed by atoms with Gasteiger partial charge in [-0.15, -0.1) is 0 Å². The van der Waals surface area contributed by atoms with Crippen molar-refractivity contribution in [3.8, 4) is 0 Å². The Labute approximate surface area is 125 Å². The Kier molecular flexibility index (Phi) is 4.09. The van der Waals surface area contributed by atoms with Crippen LogP contribution in [0.25, 0.3) is 0 Å². The van der Waals surface area contributed by atoms with Gasteiger partial charge in [-0.05, 0) is 24.8 Å². The predicted octanol–water partition coefficient (Wildman–Crippen LogP) is 1.63. The van der Waals surface area contributed by atoms with Gasteiger partial charge in [-0.2, -0.15) is 0 Å². The van der Waals surface area contributed by atoms with E-state index in [2.05, 4.69) is 0 Å². The highest BCUT2D eigenvalue weighted by Gasteiger charge is 2.47. The van der Waals surface area contributed by atoms with Crippen LogP contribution in [0.1, 0.15) is 24.8 Å². The second-order valence-corrected chi connectivity index (χ2v) is 5.51. The summed E-state index contributed by atoms with van der Waals surface area (Å²) in [6, 6.07) is 2.61. The third-order valence-corrected chi connectivity index (χ3v) is 4.18. The summed E-state index contributed by atoms with van der Waals surface area (Å²) in [6.07, 6.45) is 1.47. The number of benzene rings is 1. The average Bonchev–Trinajstić information content (AvgIpc) is 2.80. The number of aliphatic carboxylic acids is 1. The van der Waals surface area contributed by atoms with Crippen molar-refractivity contribution < 1.29 is 19.7 Å². The van der Waals surface area contributed by atoms with Crippen molar-refractivity contribution in [2.45, 2.75) is 31.7 Å². The minimum Gasteiger partial charge on any atom is -0.481 e. The summed E-state index contributed by atoms with van der Waals surface area (Å²) in [4.78, 5) is 31.9. The average molecular weight is 309 g/mol. The van der Waals surface area contributed by atoms with E-state index in [9.17, 15) is 30.1 Å². The summed E-state index contributed by atoms with van der Waals surface area (Å²) in [5, 5.41) is 31.3. The van der Waals surface area contributed by atoms with Crippen molar-refractivity contribution in [3.05, 3.63) is 44.0 Å². The van der Waals surface area contributed by atoms with Gasteiger partial charge in [-0.3, -0.25) is 25.0 Å². The number of nitro benzene ring substituents is 2. The number of nitrogens with zero attached hydrogens (tertiary/aromatic N) is 2. The van der Waals surface area contributed by atoms with Crippen LogP contribution in [0.3, 0.4) is 0 Å². The zero-order valence-electron chi connectivity index (χ0n) is 11.6. The van der Waals surface area contributed by atoms with Crippen molar-refractivity contribution in [1.29, 1.82) is 0 Å². The lowest BCUT2D eigenvalue weighted by molar-refractivity contribution is -0.394. The Hall–Kier alpha value is -2.55. The molecule has 9 heteroatoms. The molecule has 0 heterocycles. The van der Waals surface area contributed by atoms with Crippen LogP contribution in [-0.2, 0) is 11.2 Å². The summed E-state index contributed by atoms with van der Waals surface area (Å²) < 4.78 is 0. The summed E-state index contributed by atoms with van der Waals surface area (Å²) in [6.45, 7) is 0. The molecule has 1 aliphatic rings. The van der Waals surface area contributed by atoms with Crippen molar-refractivity contribution in [3.63, 3.8) is 0 Å². The molecule has 22 heavy (non-hydrogen) atoms. The molecular weight excluding hydrogens is 294 g/mol. The maximum absolute atomic E-state index is 11.6. The molecule has 2 rings (SSSR count). The van der Waals surface area contributed by atoms with Gasteiger partial charge >= 0.3 is 5.97 Å². The van der Waals surface area contributed by atoms with Crippen molar-refractivity contribution >= 4 is 17.3 Å². The number of rotatable bonds is 5. The molecule has 1 aromatic rings. The third-order valence-electron chi connectivity index (χ3n) is 4.18. The van der Waals surface area contributed by atoms with Crippen LogP contribution in [0.2, 0.25) is 0 Å². The lowest BCUT2D eigenvalue weighted by Crippen LogP contribution is -2.45. The van der Waals surface area contributed by atoms with E-state index < -0.39 is 38.6 Å². The maximum Gasteiger partial charge on any atom is 0.311 e. The fraction of sp³-hybridized carbons (Fsp3) is 0.462. The normalized spacial score (nSPS) is 24.1. The first kappa shape index (κ1) is 15.8. The van der Waals surface area contributed by atoms with Gasteiger partial charge in [-0.1, -0.05) is 6.42 Å². The second kappa shape index (κ2) is 5.68. The molecule has 0 spiro atoms. The van der Waals surface area contributed by atoms with Crippen molar-refractivity contribution in [2.75, 3.05) is 0 Å². The van der Waals surface area contributed by atoms with Crippen molar-refractivity contribution in [1.82, 2.24) is 0 Å². The Morgan fingerprint density at radius 2 is 1.82 bits per heavy atom. The van der Waals surface area contributed by atoms with E-state index >= 15 is 0 Å². The number of nitro groups is 2. The minimum absolute atomic E-state index is 0.0635. The van der Waals surface area contributed by atoms with E-state index in [1.165, 1.54) is 12.1 Å². The van der Waals surface area contributed by atoms with Crippen LogP contribution in [0, 0.1) is 25.6 Å². The van der Waals surface area contributed by atoms with Gasteiger partial charge in [0, 0.05) is 18.2 Å². The highest BCUT2D eigenvalue weighted by molar-refractivity contribution is 5.76. The molecule has 2 unspecified atom stereocenters. The molecule has 0 saturated heterocycles. The topological polar surface area (TPSA) is 150 Å². The smallest absolute Gasteiger partial charge is 0.311 e. The SMILES string of the molecule is NC1CCCC1(Cc1cc([N+](=O)[O-])cc([N+](=O)[O-])c1)C(=O)O. The van der Waals surface area contributed by atoms with Crippen LogP contribution in [0.4, 0.5) is 11.4 Å². The molecule has 0 radical (unpaired) electrons. The largest absolute Gasteiger partial charge is 0.481 e. The van der Waals surface area contributed by atoms with E-state index in [0.717, 1.165) is 6.07 Å². The lowest BCUT2D eigenvalue weighted by Gasteiger charge is -2.28. The molecule has 0 bridgehead atoms. The second-order valence-electron chi connectivity index (χ2n) is 5.51. The zero-order chi connectivity index (χ0) is 16.5. The van der Waals surface area contributed by atoms with Gasteiger partial charge in [0.2, 0.25) is 0 Å².